The van der Waals surface area contributed by atoms with Gasteiger partial charge in [-0.2, -0.15) is 0 Å². The van der Waals surface area contributed by atoms with Crippen molar-refractivity contribution in [2.75, 3.05) is 6.61 Å². The molecule has 1 fully saturated rings. The molecule has 6 heteroatoms. The maximum absolute atomic E-state index is 10.2. The molecule has 0 N–H and O–H groups in total. The second-order valence-corrected chi connectivity index (χ2v) is 18.5. The zero-order chi connectivity index (χ0) is 44.9. The van der Waals surface area contributed by atoms with Gasteiger partial charge in [0.25, 0.3) is 0 Å². The summed E-state index contributed by atoms with van der Waals surface area (Å²) in [6, 6.07) is 25.3. The molecule has 334 valence electrons. The van der Waals surface area contributed by atoms with E-state index in [-0.39, 0.29) is 35.3 Å². The van der Waals surface area contributed by atoms with Crippen molar-refractivity contribution in [3.05, 3.63) is 89.5 Å². The molecule has 1 aliphatic carbocycles. The predicted molar refractivity (Wildman–Crippen MR) is 250 cm³/mol. The molecule has 5 atom stereocenters. The van der Waals surface area contributed by atoms with Gasteiger partial charge in [-0.25, -0.2) is 0 Å². The first-order valence-corrected chi connectivity index (χ1v) is 22.7. The number of hydrogen-bond donors (Lipinski definition) is 0. The first kappa shape index (κ1) is 53.5. The summed E-state index contributed by atoms with van der Waals surface area (Å²) < 4.78 is 27.6. The molecule has 5 unspecified atom stereocenters. The Labute approximate surface area is 362 Å². The Morgan fingerprint density at radius 2 is 0.966 bits per heavy atom. The Bertz CT molecular complexity index is 1400. The summed E-state index contributed by atoms with van der Waals surface area (Å²) in [6.07, 6.45) is 7.81. The lowest BCUT2D eigenvalue weighted by molar-refractivity contribution is -0.151. The lowest BCUT2D eigenvalue weighted by Crippen LogP contribution is -2.25. The monoisotopic (exact) mass is 819 g/mol. The minimum absolute atomic E-state index is 0.147. The van der Waals surface area contributed by atoms with E-state index in [1.54, 1.807) is 0 Å². The summed E-state index contributed by atoms with van der Waals surface area (Å²) in [5.74, 6) is 6.36. The molecule has 0 aliphatic heterocycles. The molecule has 0 spiro atoms. The van der Waals surface area contributed by atoms with Gasteiger partial charge in [0.2, 0.25) is 0 Å². The van der Waals surface area contributed by atoms with Crippen LogP contribution in [0, 0.1) is 23.7 Å². The fraction of sp³-hybridized carbons (Fsp3) is 0.642. The van der Waals surface area contributed by atoms with Gasteiger partial charge >= 0.3 is 5.97 Å². The predicted octanol–water partition coefficient (Wildman–Crippen LogP) is 14.7. The van der Waals surface area contributed by atoms with Crippen molar-refractivity contribution in [2.45, 2.75) is 192 Å². The van der Waals surface area contributed by atoms with E-state index in [0.717, 1.165) is 53.9 Å². The van der Waals surface area contributed by atoms with Crippen molar-refractivity contribution in [3.8, 4) is 17.2 Å². The van der Waals surface area contributed by atoms with Crippen LogP contribution in [0.3, 0.4) is 0 Å². The fourth-order valence-electron chi connectivity index (χ4n) is 7.19. The number of ether oxygens (including phenoxy) is 5. The minimum Gasteiger partial charge on any atom is -0.491 e. The molecule has 0 heterocycles. The van der Waals surface area contributed by atoms with Crippen molar-refractivity contribution in [2.24, 2.45) is 23.7 Å². The highest BCUT2D eigenvalue weighted by Gasteiger charge is 2.32. The maximum atomic E-state index is 10.2. The molecule has 6 nitrogen and oxygen atoms in total. The standard InChI is InChI=1S/C29H36O3.C12H24.C6H12O2.C6H14O/c1-20(2)30-26-14-8-23(9-15-26)29(7,24-10-16-27(17-11-24)31-21(3)4)25-12-18-28(19-13-25)32-22(5)6;1-5-9(2)12-7-6-10(3)11(4)8-12;1-5(7)8-6(2,3)4;1-4-6(3)7-5-2/h8-22H,1-7H3;9-12H,5-8H2,1-4H3;1-4H3;6H,4-5H2,1-3H3. The zero-order valence-electron chi connectivity index (χ0n) is 40.7. The highest BCUT2D eigenvalue weighted by Crippen LogP contribution is 2.41. The molecule has 1 aliphatic rings. The third kappa shape index (κ3) is 20.5. The van der Waals surface area contributed by atoms with Gasteiger partial charge in [0.05, 0.1) is 24.4 Å². The summed E-state index contributed by atoms with van der Waals surface area (Å²) in [6.45, 7) is 38.1. The van der Waals surface area contributed by atoms with Crippen LogP contribution in [0.25, 0.3) is 0 Å². The van der Waals surface area contributed by atoms with Crippen LogP contribution >= 0.6 is 0 Å². The van der Waals surface area contributed by atoms with E-state index < -0.39 is 0 Å². The van der Waals surface area contributed by atoms with E-state index in [0.29, 0.717) is 6.10 Å². The van der Waals surface area contributed by atoms with Gasteiger partial charge in [0.15, 0.2) is 0 Å². The normalized spacial score (nSPS) is 17.6. The molecule has 3 aromatic rings. The Balaban J connectivity index is 0.000000521. The number of carbonyl (C=O) groups excluding carboxylic acids is 1. The van der Waals surface area contributed by atoms with Crippen LogP contribution in [0.4, 0.5) is 0 Å². The largest absolute Gasteiger partial charge is 0.491 e. The number of carbonyl (C=O) groups is 1. The molecule has 0 amide bonds. The van der Waals surface area contributed by atoms with E-state index in [2.05, 4.69) is 121 Å². The first-order chi connectivity index (χ1) is 27.6. The third-order valence-corrected chi connectivity index (χ3v) is 11.0. The highest BCUT2D eigenvalue weighted by atomic mass is 16.6. The lowest BCUT2D eigenvalue weighted by Gasteiger charge is -2.35. The van der Waals surface area contributed by atoms with Crippen LogP contribution in [-0.4, -0.2) is 42.6 Å². The number of esters is 1. The topological polar surface area (TPSA) is 63.2 Å². The average molecular weight is 819 g/mol. The average Bonchev–Trinajstić information content (AvgIpc) is 3.15. The van der Waals surface area contributed by atoms with Crippen molar-refractivity contribution >= 4 is 5.97 Å². The molecular weight excluding hydrogens is 733 g/mol. The van der Waals surface area contributed by atoms with E-state index >= 15 is 0 Å². The number of hydrogen-bond acceptors (Lipinski definition) is 6. The summed E-state index contributed by atoms with van der Waals surface area (Å²) in [7, 11) is 0. The molecule has 0 radical (unpaired) electrons. The lowest BCUT2D eigenvalue weighted by atomic mass is 9.71. The third-order valence-electron chi connectivity index (χ3n) is 11.0. The molecule has 1 saturated carbocycles. The van der Waals surface area contributed by atoms with Gasteiger partial charge in [0, 0.05) is 18.9 Å². The van der Waals surface area contributed by atoms with E-state index in [1.165, 1.54) is 49.3 Å². The second kappa shape index (κ2) is 26.6. The molecule has 3 aromatic carbocycles. The van der Waals surface area contributed by atoms with Gasteiger partial charge in [-0.1, -0.05) is 83.9 Å². The quantitative estimate of drug-likeness (QED) is 0.119. The first-order valence-electron chi connectivity index (χ1n) is 22.7. The molecule has 0 aromatic heterocycles. The van der Waals surface area contributed by atoms with Crippen LogP contribution in [0.2, 0.25) is 0 Å². The molecule has 0 bridgehead atoms. The Kier molecular flexibility index (Phi) is 24.2. The van der Waals surface area contributed by atoms with Gasteiger partial charge < -0.3 is 23.7 Å². The van der Waals surface area contributed by atoms with Crippen molar-refractivity contribution < 1.29 is 28.5 Å². The van der Waals surface area contributed by atoms with Crippen LogP contribution in [0.15, 0.2) is 72.8 Å². The Hall–Kier alpha value is -3.51. The van der Waals surface area contributed by atoms with E-state index in [1.807, 2.05) is 69.2 Å². The van der Waals surface area contributed by atoms with Gasteiger partial charge in [-0.3, -0.25) is 4.79 Å². The molecule has 59 heavy (non-hydrogen) atoms. The fourth-order valence-corrected chi connectivity index (χ4v) is 7.19. The van der Waals surface area contributed by atoms with Crippen molar-refractivity contribution in [3.63, 3.8) is 0 Å². The number of rotatable bonds is 14. The minimum atomic E-state index is -0.344. The SMILES string of the molecule is CC(=O)OC(C)(C)C.CC(C)Oc1ccc(C(C)(c2ccc(OC(C)C)cc2)c2ccc(OC(C)C)cc2)cc1.CCC(C)C1CCC(C)C(C)C1.CCOC(C)CC. The summed E-state index contributed by atoms with van der Waals surface area (Å²) in [4.78, 5) is 10.2. The van der Waals surface area contributed by atoms with Gasteiger partial charge in [-0.05, 0) is 179 Å². The molecular formula is C53H86O6. The Morgan fingerprint density at radius 1 is 0.593 bits per heavy atom. The van der Waals surface area contributed by atoms with Crippen LogP contribution in [-0.2, 0) is 19.7 Å². The van der Waals surface area contributed by atoms with E-state index in [4.69, 9.17) is 23.7 Å². The summed E-state index contributed by atoms with van der Waals surface area (Å²) >= 11 is 0. The molecule has 0 saturated heterocycles. The van der Waals surface area contributed by atoms with Crippen molar-refractivity contribution in [1.82, 2.24) is 0 Å². The van der Waals surface area contributed by atoms with E-state index in [9.17, 15) is 4.79 Å². The van der Waals surface area contributed by atoms with Crippen LogP contribution in [0.5, 0.6) is 17.2 Å². The smallest absolute Gasteiger partial charge is 0.303 e. The van der Waals surface area contributed by atoms with Gasteiger partial charge in [0.1, 0.15) is 22.8 Å². The maximum Gasteiger partial charge on any atom is 0.303 e. The Morgan fingerprint density at radius 3 is 1.19 bits per heavy atom. The van der Waals surface area contributed by atoms with Crippen LogP contribution in [0.1, 0.15) is 173 Å². The summed E-state index contributed by atoms with van der Waals surface area (Å²) in [5.41, 5.74) is 2.92. The van der Waals surface area contributed by atoms with Gasteiger partial charge in [-0.15, -0.1) is 0 Å². The van der Waals surface area contributed by atoms with Crippen molar-refractivity contribution in [1.29, 1.82) is 0 Å². The molecule has 4 rings (SSSR count). The second-order valence-electron chi connectivity index (χ2n) is 18.5. The highest BCUT2D eigenvalue weighted by molar-refractivity contribution is 5.66. The zero-order valence-corrected chi connectivity index (χ0v) is 40.7. The number of benzene rings is 3. The van der Waals surface area contributed by atoms with Crippen LogP contribution < -0.4 is 14.2 Å². The summed E-state index contributed by atoms with van der Waals surface area (Å²) in [5, 5.41) is 0.